The first-order valence-corrected chi connectivity index (χ1v) is 13.3. The molecular weight excluding hydrogens is 502 g/mol. The van der Waals surface area contributed by atoms with Gasteiger partial charge in [0.15, 0.2) is 15.9 Å². The van der Waals surface area contributed by atoms with E-state index in [0.717, 1.165) is 51.5 Å². The molecule has 0 saturated heterocycles. The van der Waals surface area contributed by atoms with Crippen LogP contribution >= 0.6 is 34.0 Å². The number of thiophene rings is 3. The van der Waals surface area contributed by atoms with Crippen LogP contribution in [0.1, 0.15) is 11.1 Å². The summed E-state index contributed by atoms with van der Waals surface area (Å²) >= 11 is 4.11. The summed E-state index contributed by atoms with van der Waals surface area (Å²) in [6.07, 6.45) is 0. The molecule has 6 nitrogen and oxygen atoms in total. The van der Waals surface area contributed by atoms with Crippen LogP contribution in [0.3, 0.4) is 0 Å². The van der Waals surface area contributed by atoms with Crippen LogP contribution in [-0.4, -0.2) is 29.9 Å². The van der Waals surface area contributed by atoms with Gasteiger partial charge in [0, 0.05) is 47.2 Å². The summed E-state index contributed by atoms with van der Waals surface area (Å²) < 4.78 is 9.06. The van der Waals surface area contributed by atoms with Crippen molar-refractivity contribution < 1.29 is 19.7 Å². The molecule has 0 aliphatic carbocycles. The van der Waals surface area contributed by atoms with E-state index in [1.54, 1.807) is 17.4 Å². The average Bonchev–Trinajstić information content (AvgIpc) is 3.57. The van der Waals surface area contributed by atoms with Crippen LogP contribution in [0.5, 0.6) is 5.06 Å². The first-order valence-electron chi connectivity index (χ1n) is 10.8. The lowest BCUT2D eigenvalue weighted by molar-refractivity contribution is 0.427. The second-order valence-electron chi connectivity index (χ2n) is 8.74. The molecular formula is C24H14B2O6S3. The SMILES string of the molecule is Cc1cc2c(cc(C)c3c4sc5cc(OBO)sc5c4c(=O)c23)c2c(=O)c3cc(B(O)O)sc3c12. The van der Waals surface area contributed by atoms with Gasteiger partial charge in [-0.05, 0) is 53.9 Å². The minimum absolute atomic E-state index is 0.0578. The standard InChI is InChI=1S/C24H14B2O6S3/c1-7-3-10-9(17-15(7)22-11(20(17)27)5-13(34-22)26(30)31)4-8(2)16-18(10)21(28)19-23-12(33-24(16)19)6-14(35-23)32-25-29/h3-6,25,29-31H,1-2H3. The van der Waals surface area contributed by atoms with Crippen LogP contribution in [0.25, 0.3) is 61.9 Å². The Kier molecular flexibility index (Phi) is 4.38. The third-order valence-corrected chi connectivity index (χ3v) is 10.3. The fourth-order valence-electron chi connectivity index (χ4n) is 5.40. The van der Waals surface area contributed by atoms with Crippen molar-refractivity contribution in [2.75, 3.05) is 0 Å². The highest BCUT2D eigenvalue weighted by Gasteiger charge is 2.26. The van der Waals surface area contributed by atoms with E-state index in [1.807, 2.05) is 32.0 Å². The number of hydrogen-bond acceptors (Lipinski definition) is 9. The highest BCUT2D eigenvalue weighted by Crippen LogP contribution is 2.47. The first-order chi connectivity index (χ1) is 16.8. The molecule has 3 N–H and O–H groups in total. The first kappa shape index (κ1) is 21.5. The molecule has 0 radical (unpaired) electrons. The Bertz CT molecular complexity index is 2130. The molecule has 0 saturated carbocycles. The Balaban J connectivity index is 1.66. The Morgan fingerprint density at radius 1 is 0.743 bits per heavy atom. The third-order valence-electron chi connectivity index (χ3n) is 6.77. The lowest BCUT2D eigenvalue weighted by atomic mass is 9.89. The van der Waals surface area contributed by atoms with Crippen molar-refractivity contribution in [3.63, 3.8) is 0 Å². The fourth-order valence-corrected chi connectivity index (χ4v) is 9.12. The van der Waals surface area contributed by atoms with Gasteiger partial charge in [-0.15, -0.1) is 22.7 Å². The zero-order valence-electron chi connectivity index (χ0n) is 18.4. The number of rotatable bonds is 3. The van der Waals surface area contributed by atoms with Crippen LogP contribution in [0.2, 0.25) is 0 Å². The van der Waals surface area contributed by atoms with Crippen LogP contribution in [0.4, 0.5) is 0 Å². The van der Waals surface area contributed by atoms with E-state index in [0.29, 0.717) is 31.4 Å². The quantitative estimate of drug-likeness (QED) is 0.312. The second kappa shape index (κ2) is 7.13. The van der Waals surface area contributed by atoms with Crippen LogP contribution in [0, 0.1) is 13.8 Å². The predicted octanol–water partition coefficient (Wildman–Crippen LogP) is 3.32. The zero-order valence-corrected chi connectivity index (χ0v) is 20.8. The van der Waals surface area contributed by atoms with Gasteiger partial charge in [-0.2, -0.15) is 0 Å². The molecule has 3 aromatic heterocycles. The summed E-state index contributed by atoms with van der Waals surface area (Å²) in [7, 11) is -2.04. The number of fused-ring (bicyclic) bond motifs is 11. The van der Waals surface area contributed by atoms with E-state index in [4.69, 9.17) is 9.68 Å². The van der Waals surface area contributed by atoms with E-state index in [1.165, 1.54) is 22.7 Å². The lowest BCUT2D eigenvalue weighted by Gasteiger charge is -2.08. The Morgan fingerprint density at radius 2 is 1.40 bits per heavy atom. The molecule has 3 heterocycles. The molecule has 7 aromatic rings. The minimum Gasteiger partial charge on any atom is -0.531 e. The smallest absolute Gasteiger partial charge is 0.504 e. The largest absolute Gasteiger partial charge is 0.531 e. The topological polar surface area (TPSA) is 104 Å². The molecule has 35 heavy (non-hydrogen) atoms. The van der Waals surface area contributed by atoms with Crippen molar-refractivity contribution in [1.29, 1.82) is 0 Å². The summed E-state index contributed by atoms with van der Waals surface area (Å²) in [4.78, 5) is 27.4. The molecule has 0 amide bonds. The lowest BCUT2D eigenvalue weighted by Crippen LogP contribution is -2.26. The van der Waals surface area contributed by atoms with Crippen molar-refractivity contribution in [3.8, 4) is 5.06 Å². The van der Waals surface area contributed by atoms with Gasteiger partial charge in [0.2, 0.25) is 0 Å². The molecule has 11 heteroatoms. The second-order valence-corrected chi connectivity index (χ2v) is 11.9. The summed E-state index contributed by atoms with van der Waals surface area (Å²) in [5, 5.41) is 34.5. The van der Waals surface area contributed by atoms with Crippen molar-refractivity contribution in [3.05, 3.63) is 55.8 Å². The van der Waals surface area contributed by atoms with E-state index in [9.17, 15) is 19.6 Å². The molecule has 4 aromatic carbocycles. The highest BCUT2D eigenvalue weighted by atomic mass is 32.1. The number of hydrogen-bond donors (Lipinski definition) is 3. The van der Waals surface area contributed by atoms with Crippen molar-refractivity contribution in [2.45, 2.75) is 13.8 Å². The molecule has 0 atom stereocenters. The summed E-state index contributed by atoms with van der Waals surface area (Å²) in [5.41, 5.74) is 1.59. The maximum Gasteiger partial charge on any atom is 0.504 e. The van der Waals surface area contributed by atoms with Crippen molar-refractivity contribution in [2.24, 2.45) is 0 Å². The third kappa shape index (κ3) is 2.65. The summed E-state index contributed by atoms with van der Waals surface area (Å²) in [5.74, 6) is 0. The molecule has 0 aliphatic rings. The molecule has 0 unspecified atom stereocenters. The summed E-state index contributed by atoms with van der Waals surface area (Å²) in [6.45, 7) is 3.89. The summed E-state index contributed by atoms with van der Waals surface area (Å²) in [6, 6.07) is 7.39. The van der Waals surface area contributed by atoms with Gasteiger partial charge >= 0.3 is 14.8 Å². The van der Waals surface area contributed by atoms with Crippen LogP contribution in [-0.2, 0) is 0 Å². The fraction of sp³-hybridized carbons (Fsp3) is 0.0833. The predicted molar refractivity (Wildman–Crippen MR) is 149 cm³/mol. The monoisotopic (exact) mass is 516 g/mol. The molecule has 7 rings (SSSR count). The Labute approximate surface area is 209 Å². The van der Waals surface area contributed by atoms with Gasteiger partial charge in [0.1, 0.15) is 0 Å². The van der Waals surface area contributed by atoms with Crippen LogP contribution < -0.4 is 20.3 Å². The maximum absolute atomic E-state index is 13.9. The van der Waals surface area contributed by atoms with Gasteiger partial charge in [-0.25, -0.2) is 0 Å². The van der Waals surface area contributed by atoms with Gasteiger partial charge < -0.3 is 19.7 Å². The van der Waals surface area contributed by atoms with Crippen molar-refractivity contribution >= 4 is 115 Å². The normalized spacial score (nSPS) is 12.4. The van der Waals surface area contributed by atoms with Gasteiger partial charge in [0.25, 0.3) is 0 Å². The highest BCUT2D eigenvalue weighted by molar-refractivity contribution is 7.34. The minimum atomic E-state index is -1.62. The van der Waals surface area contributed by atoms with Gasteiger partial charge in [-0.1, -0.05) is 11.3 Å². The number of aryl methyl sites for hydroxylation is 2. The van der Waals surface area contributed by atoms with E-state index < -0.39 is 14.8 Å². The molecule has 0 aliphatic heterocycles. The van der Waals surface area contributed by atoms with Gasteiger partial charge in [-0.3, -0.25) is 9.59 Å². The zero-order chi connectivity index (χ0) is 24.3. The van der Waals surface area contributed by atoms with Crippen molar-refractivity contribution in [1.82, 2.24) is 0 Å². The van der Waals surface area contributed by atoms with Gasteiger partial charge in [0.05, 0.1) is 14.8 Å². The Hall–Kier alpha value is -2.79. The molecule has 0 bridgehead atoms. The molecule has 0 spiro atoms. The van der Waals surface area contributed by atoms with E-state index in [2.05, 4.69) is 0 Å². The Morgan fingerprint density at radius 3 is 2.06 bits per heavy atom. The maximum atomic E-state index is 13.9. The molecule has 0 fully saturated rings. The number of benzene rings is 2. The van der Waals surface area contributed by atoms with Crippen LogP contribution in [0.15, 0.2) is 33.9 Å². The average molecular weight is 516 g/mol. The molecule has 170 valence electrons. The van der Waals surface area contributed by atoms with E-state index >= 15 is 0 Å². The van der Waals surface area contributed by atoms with E-state index in [-0.39, 0.29) is 10.9 Å².